The highest BCUT2D eigenvalue weighted by molar-refractivity contribution is 5.86. The van der Waals surface area contributed by atoms with Gasteiger partial charge in [-0.1, -0.05) is 56.5 Å². The van der Waals surface area contributed by atoms with Crippen LogP contribution in [0.3, 0.4) is 0 Å². The number of urea groups is 1. The lowest BCUT2D eigenvalue weighted by Crippen LogP contribution is -2.48. The molecule has 3 amide bonds. The Morgan fingerprint density at radius 2 is 1.74 bits per heavy atom. The van der Waals surface area contributed by atoms with Gasteiger partial charge in [-0.05, 0) is 25.3 Å². The Hall–Kier alpha value is -2.04. The first-order valence-electron chi connectivity index (χ1n) is 8.49. The normalized spacial score (nSPS) is 11.6. The molecule has 0 bridgehead atoms. The molecule has 0 aliphatic rings. The number of rotatable bonds is 10. The fourth-order valence-corrected chi connectivity index (χ4v) is 2.19. The first-order chi connectivity index (χ1) is 11.1. The fourth-order valence-electron chi connectivity index (χ4n) is 2.19. The van der Waals surface area contributed by atoms with Crippen LogP contribution in [0.25, 0.3) is 0 Å². The van der Waals surface area contributed by atoms with Gasteiger partial charge in [0.2, 0.25) is 5.91 Å². The number of nitrogens with one attached hydrogen (secondary N) is 3. The minimum atomic E-state index is -0.540. The maximum atomic E-state index is 11.9. The molecule has 0 unspecified atom stereocenters. The molecule has 5 heteroatoms. The number of carbonyl (C=O) groups is 2. The molecular formula is C18H29N3O2. The summed E-state index contributed by atoms with van der Waals surface area (Å²) in [5, 5.41) is 8.28. The summed E-state index contributed by atoms with van der Waals surface area (Å²) in [4.78, 5) is 23.6. The van der Waals surface area contributed by atoms with Crippen LogP contribution in [0, 0.1) is 0 Å². The third-order valence-electron chi connectivity index (χ3n) is 3.61. The molecule has 23 heavy (non-hydrogen) atoms. The summed E-state index contributed by atoms with van der Waals surface area (Å²) in [6.45, 7) is 5.05. The predicted molar refractivity (Wildman–Crippen MR) is 93.3 cm³/mol. The van der Waals surface area contributed by atoms with Crippen molar-refractivity contribution in [2.24, 2.45) is 0 Å². The minimum Gasteiger partial charge on any atom is -0.354 e. The fraction of sp³-hybridized carbons (Fsp3) is 0.556. The van der Waals surface area contributed by atoms with Crippen LogP contribution in [0.2, 0.25) is 0 Å². The summed E-state index contributed by atoms with van der Waals surface area (Å²) in [7, 11) is 0. The van der Waals surface area contributed by atoms with Crippen molar-refractivity contribution in [3.63, 3.8) is 0 Å². The van der Waals surface area contributed by atoms with E-state index in [2.05, 4.69) is 22.9 Å². The Labute approximate surface area is 139 Å². The van der Waals surface area contributed by atoms with Crippen LogP contribution >= 0.6 is 0 Å². The Morgan fingerprint density at radius 1 is 1.00 bits per heavy atom. The van der Waals surface area contributed by atoms with Crippen LogP contribution in [0.5, 0.6) is 0 Å². The zero-order chi connectivity index (χ0) is 16.9. The molecule has 0 saturated heterocycles. The van der Waals surface area contributed by atoms with E-state index in [1.165, 1.54) is 18.4 Å². The van der Waals surface area contributed by atoms with Crippen LogP contribution < -0.4 is 16.0 Å². The zero-order valence-corrected chi connectivity index (χ0v) is 14.2. The summed E-state index contributed by atoms with van der Waals surface area (Å²) in [5.74, 6) is -0.165. The van der Waals surface area contributed by atoms with E-state index >= 15 is 0 Å². The maximum Gasteiger partial charge on any atom is 0.315 e. The Bertz CT molecular complexity index is 463. The summed E-state index contributed by atoms with van der Waals surface area (Å²) in [6.07, 6.45) is 5.23. The molecule has 0 aliphatic heterocycles. The second kappa shape index (κ2) is 11.5. The molecular weight excluding hydrogens is 290 g/mol. The first-order valence-corrected chi connectivity index (χ1v) is 8.49. The molecule has 1 rings (SSSR count). The SMILES string of the molecule is CCCCCCNC(=O)N[C@@H](C)C(=O)NCCc1ccccc1. The second-order valence-corrected chi connectivity index (χ2v) is 5.71. The molecule has 0 heterocycles. The topological polar surface area (TPSA) is 70.2 Å². The molecule has 1 aromatic rings. The molecule has 0 saturated carbocycles. The number of carbonyl (C=O) groups excluding carboxylic acids is 2. The summed E-state index contributed by atoms with van der Waals surface area (Å²) in [5.41, 5.74) is 1.18. The number of hydrogen-bond acceptors (Lipinski definition) is 2. The van der Waals surface area contributed by atoms with Crippen molar-refractivity contribution < 1.29 is 9.59 Å². The van der Waals surface area contributed by atoms with Crippen LogP contribution in [0.4, 0.5) is 4.79 Å². The molecule has 0 aliphatic carbocycles. The van der Waals surface area contributed by atoms with E-state index in [0.717, 1.165) is 19.3 Å². The van der Waals surface area contributed by atoms with E-state index in [1.807, 2.05) is 30.3 Å². The van der Waals surface area contributed by atoms with Crippen LogP contribution in [0.15, 0.2) is 30.3 Å². The van der Waals surface area contributed by atoms with Gasteiger partial charge in [0.15, 0.2) is 0 Å². The van der Waals surface area contributed by atoms with E-state index in [0.29, 0.717) is 13.1 Å². The molecule has 1 atom stereocenters. The highest BCUT2D eigenvalue weighted by atomic mass is 16.2. The van der Waals surface area contributed by atoms with Gasteiger partial charge in [-0.15, -0.1) is 0 Å². The highest BCUT2D eigenvalue weighted by Crippen LogP contribution is 1.98. The lowest BCUT2D eigenvalue weighted by atomic mass is 10.1. The third-order valence-corrected chi connectivity index (χ3v) is 3.61. The van der Waals surface area contributed by atoms with E-state index in [-0.39, 0.29) is 11.9 Å². The van der Waals surface area contributed by atoms with Gasteiger partial charge < -0.3 is 16.0 Å². The molecule has 0 radical (unpaired) electrons. The molecule has 0 spiro atoms. The average molecular weight is 319 g/mol. The Morgan fingerprint density at radius 3 is 2.43 bits per heavy atom. The van der Waals surface area contributed by atoms with Crippen molar-refractivity contribution in [3.8, 4) is 0 Å². The predicted octanol–water partition coefficient (Wildman–Crippen LogP) is 2.61. The second-order valence-electron chi connectivity index (χ2n) is 5.71. The molecule has 1 aromatic carbocycles. The monoisotopic (exact) mass is 319 g/mol. The van der Waals surface area contributed by atoms with E-state index in [4.69, 9.17) is 0 Å². The maximum absolute atomic E-state index is 11.9. The van der Waals surface area contributed by atoms with Gasteiger partial charge in [-0.3, -0.25) is 4.79 Å². The third kappa shape index (κ3) is 8.86. The van der Waals surface area contributed by atoms with Crippen molar-refractivity contribution >= 4 is 11.9 Å². The van der Waals surface area contributed by atoms with Crippen LogP contribution in [-0.4, -0.2) is 31.1 Å². The van der Waals surface area contributed by atoms with Gasteiger partial charge in [0, 0.05) is 13.1 Å². The smallest absolute Gasteiger partial charge is 0.315 e. The largest absolute Gasteiger partial charge is 0.354 e. The lowest BCUT2D eigenvalue weighted by Gasteiger charge is -2.14. The molecule has 3 N–H and O–H groups in total. The van der Waals surface area contributed by atoms with Crippen molar-refractivity contribution in [3.05, 3.63) is 35.9 Å². The van der Waals surface area contributed by atoms with Gasteiger partial charge in [0.05, 0.1) is 0 Å². The quantitative estimate of drug-likeness (QED) is 0.580. The molecule has 5 nitrogen and oxygen atoms in total. The van der Waals surface area contributed by atoms with Crippen molar-refractivity contribution in [1.82, 2.24) is 16.0 Å². The molecule has 0 aromatic heterocycles. The van der Waals surface area contributed by atoms with Gasteiger partial charge >= 0.3 is 6.03 Å². The van der Waals surface area contributed by atoms with E-state index in [9.17, 15) is 9.59 Å². The lowest BCUT2D eigenvalue weighted by molar-refractivity contribution is -0.122. The minimum absolute atomic E-state index is 0.165. The number of hydrogen-bond donors (Lipinski definition) is 3. The van der Waals surface area contributed by atoms with Gasteiger partial charge in [-0.25, -0.2) is 4.79 Å². The van der Waals surface area contributed by atoms with Crippen molar-refractivity contribution in [1.29, 1.82) is 0 Å². The highest BCUT2D eigenvalue weighted by Gasteiger charge is 2.14. The first kappa shape index (κ1) is 19.0. The van der Waals surface area contributed by atoms with Crippen molar-refractivity contribution in [2.45, 2.75) is 52.0 Å². The Kier molecular flexibility index (Phi) is 9.52. The Balaban J connectivity index is 2.14. The van der Waals surface area contributed by atoms with E-state index < -0.39 is 6.04 Å². The van der Waals surface area contributed by atoms with Gasteiger partial charge in [0.1, 0.15) is 6.04 Å². The standard InChI is InChI=1S/C18H29N3O2/c1-3-4-5-9-13-20-18(23)21-15(2)17(22)19-14-12-16-10-7-6-8-11-16/h6-8,10-11,15H,3-5,9,12-14H2,1-2H3,(H,19,22)(H2,20,21,23)/t15-/m0/s1. The molecule has 0 fully saturated rings. The van der Waals surface area contributed by atoms with Gasteiger partial charge in [-0.2, -0.15) is 0 Å². The van der Waals surface area contributed by atoms with Crippen LogP contribution in [-0.2, 0) is 11.2 Å². The molecule has 128 valence electrons. The van der Waals surface area contributed by atoms with Crippen LogP contribution in [0.1, 0.15) is 45.1 Å². The zero-order valence-electron chi connectivity index (χ0n) is 14.2. The van der Waals surface area contributed by atoms with Gasteiger partial charge in [0.25, 0.3) is 0 Å². The summed E-state index contributed by atoms with van der Waals surface area (Å²) >= 11 is 0. The van der Waals surface area contributed by atoms with Crippen molar-refractivity contribution in [2.75, 3.05) is 13.1 Å². The number of benzene rings is 1. The number of unbranched alkanes of at least 4 members (excludes halogenated alkanes) is 3. The van der Waals surface area contributed by atoms with E-state index in [1.54, 1.807) is 6.92 Å². The average Bonchev–Trinajstić information content (AvgIpc) is 2.55. The summed E-state index contributed by atoms with van der Waals surface area (Å²) in [6, 6.07) is 9.15. The summed E-state index contributed by atoms with van der Waals surface area (Å²) < 4.78 is 0. The number of amides is 3.